The Balaban J connectivity index is 2.17. The van der Waals surface area contributed by atoms with Gasteiger partial charge < -0.3 is 4.98 Å². The molecule has 0 spiro atoms. The first kappa shape index (κ1) is 13.3. The molecule has 5 nitrogen and oxygen atoms in total. The molecule has 2 rings (SSSR count). The Bertz CT molecular complexity index is 509. The summed E-state index contributed by atoms with van der Waals surface area (Å²) in [5.41, 5.74) is -0.320. The first-order valence-corrected chi connectivity index (χ1v) is 7.82. The Morgan fingerprint density at radius 2 is 2.44 bits per heavy atom. The summed E-state index contributed by atoms with van der Waals surface area (Å²) >= 11 is 0. The summed E-state index contributed by atoms with van der Waals surface area (Å²) in [4.78, 5) is 9.38. The van der Waals surface area contributed by atoms with E-state index in [-0.39, 0.29) is 17.0 Å². The van der Waals surface area contributed by atoms with Gasteiger partial charge in [0, 0.05) is 24.5 Å². The Kier molecular flexibility index (Phi) is 3.59. The van der Waals surface area contributed by atoms with Crippen LogP contribution in [0.4, 0.5) is 0 Å². The van der Waals surface area contributed by atoms with Crippen molar-refractivity contribution in [2.45, 2.75) is 25.4 Å². The van der Waals surface area contributed by atoms with Gasteiger partial charge in [0.05, 0.1) is 18.1 Å². The highest BCUT2D eigenvalue weighted by Crippen LogP contribution is 2.30. The monoisotopic (exact) mass is 269 g/mol. The summed E-state index contributed by atoms with van der Waals surface area (Å²) in [6.07, 6.45) is 5.95. The number of nitrogens with one attached hydrogen (secondary N) is 1. The molecule has 0 radical (unpaired) electrons. The number of aromatic amines is 1. The highest BCUT2D eigenvalue weighted by molar-refractivity contribution is 7.91. The Morgan fingerprint density at radius 1 is 1.67 bits per heavy atom. The fourth-order valence-corrected chi connectivity index (χ4v) is 4.61. The van der Waals surface area contributed by atoms with Crippen LogP contribution in [0, 0.1) is 0 Å². The van der Waals surface area contributed by atoms with Gasteiger partial charge in [-0.3, -0.25) is 4.90 Å². The van der Waals surface area contributed by atoms with Crippen molar-refractivity contribution >= 4 is 9.84 Å². The summed E-state index contributed by atoms with van der Waals surface area (Å²) in [5.74, 6) is 1.34. The standard InChI is InChI=1S/C12H19N3O2S/c1-3-7-15(9-11-13-5-6-14-11)12(2)4-8-18(16,17)10-12/h3,5-6H,1,4,7-10H2,2H3,(H,13,14)/t12-/m1/s1. The van der Waals surface area contributed by atoms with Gasteiger partial charge in [-0.25, -0.2) is 13.4 Å². The molecule has 1 aromatic rings. The van der Waals surface area contributed by atoms with Crippen LogP contribution < -0.4 is 0 Å². The number of rotatable bonds is 5. The lowest BCUT2D eigenvalue weighted by Crippen LogP contribution is -2.47. The minimum absolute atomic E-state index is 0.217. The van der Waals surface area contributed by atoms with Crippen molar-refractivity contribution < 1.29 is 8.42 Å². The predicted molar refractivity (Wildman–Crippen MR) is 70.9 cm³/mol. The van der Waals surface area contributed by atoms with Crippen LogP contribution >= 0.6 is 0 Å². The molecule has 0 saturated carbocycles. The predicted octanol–water partition coefficient (Wildman–Crippen LogP) is 0.975. The van der Waals surface area contributed by atoms with Crippen LogP contribution in [-0.2, 0) is 16.4 Å². The van der Waals surface area contributed by atoms with Crippen molar-refractivity contribution in [3.63, 3.8) is 0 Å². The number of sulfone groups is 1. The number of imidazole rings is 1. The molecule has 0 bridgehead atoms. The fourth-order valence-electron chi connectivity index (χ4n) is 2.44. The van der Waals surface area contributed by atoms with Crippen LogP contribution in [0.5, 0.6) is 0 Å². The second-order valence-corrected chi connectivity index (χ2v) is 7.23. The average molecular weight is 269 g/mol. The van der Waals surface area contributed by atoms with Gasteiger partial charge in [0.1, 0.15) is 5.82 Å². The van der Waals surface area contributed by atoms with E-state index < -0.39 is 9.84 Å². The number of H-pyrrole nitrogens is 1. The zero-order valence-corrected chi connectivity index (χ0v) is 11.4. The molecule has 6 heteroatoms. The molecule has 1 N–H and O–H groups in total. The highest BCUT2D eigenvalue weighted by Gasteiger charge is 2.42. The van der Waals surface area contributed by atoms with Gasteiger partial charge in [0.2, 0.25) is 0 Å². The van der Waals surface area contributed by atoms with Crippen molar-refractivity contribution in [3.8, 4) is 0 Å². The summed E-state index contributed by atoms with van der Waals surface area (Å²) < 4.78 is 23.4. The van der Waals surface area contributed by atoms with Gasteiger partial charge in [-0.15, -0.1) is 6.58 Å². The smallest absolute Gasteiger partial charge is 0.152 e. The van der Waals surface area contributed by atoms with Crippen LogP contribution in [0.15, 0.2) is 25.0 Å². The van der Waals surface area contributed by atoms with Gasteiger partial charge in [0.25, 0.3) is 0 Å². The maximum Gasteiger partial charge on any atom is 0.152 e. The molecule has 2 heterocycles. The average Bonchev–Trinajstić information content (AvgIpc) is 2.87. The molecular weight excluding hydrogens is 250 g/mol. The summed E-state index contributed by atoms with van der Waals surface area (Å²) in [7, 11) is -2.90. The Labute approximate surface area is 108 Å². The second kappa shape index (κ2) is 4.85. The number of hydrogen-bond donors (Lipinski definition) is 1. The minimum atomic E-state index is -2.90. The molecule has 1 atom stereocenters. The molecule has 0 aromatic carbocycles. The van der Waals surface area contributed by atoms with Crippen molar-refractivity contribution in [1.29, 1.82) is 0 Å². The maximum atomic E-state index is 11.7. The third-order valence-corrected chi connectivity index (χ3v) is 5.38. The van der Waals surface area contributed by atoms with Crippen molar-refractivity contribution in [3.05, 3.63) is 30.9 Å². The number of hydrogen-bond acceptors (Lipinski definition) is 4. The molecule has 1 aliphatic heterocycles. The van der Waals surface area contributed by atoms with Crippen molar-refractivity contribution in [2.75, 3.05) is 18.1 Å². The first-order chi connectivity index (χ1) is 8.45. The van der Waals surface area contributed by atoms with E-state index in [4.69, 9.17) is 0 Å². The van der Waals surface area contributed by atoms with Crippen LogP contribution in [0.25, 0.3) is 0 Å². The van der Waals surface area contributed by atoms with Gasteiger partial charge in [-0.05, 0) is 13.3 Å². The molecule has 0 unspecified atom stereocenters. The van der Waals surface area contributed by atoms with Gasteiger partial charge in [-0.1, -0.05) is 6.08 Å². The normalized spacial score (nSPS) is 26.6. The third kappa shape index (κ3) is 2.81. The van der Waals surface area contributed by atoms with Crippen LogP contribution in [0.2, 0.25) is 0 Å². The van der Waals surface area contributed by atoms with E-state index in [0.717, 1.165) is 5.82 Å². The van der Waals surface area contributed by atoms with Crippen LogP contribution in [-0.4, -0.2) is 46.9 Å². The van der Waals surface area contributed by atoms with Gasteiger partial charge >= 0.3 is 0 Å². The zero-order valence-electron chi connectivity index (χ0n) is 10.6. The van der Waals surface area contributed by atoms with E-state index in [1.54, 1.807) is 18.5 Å². The van der Waals surface area contributed by atoms with E-state index in [0.29, 0.717) is 19.5 Å². The molecule has 0 amide bonds. The van der Waals surface area contributed by atoms with Crippen molar-refractivity contribution in [2.24, 2.45) is 0 Å². The molecule has 1 saturated heterocycles. The van der Waals surface area contributed by atoms with Crippen LogP contribution in [0.3, 0.4) is 0 Å². The van der Waals surface area contributed by atoms with E-state index >= 15 is 0 Å². The number of nitrogens with zero attached hydrogens (tertiary/aromatic N) is 2. The quantitative estimate of drug-likeness (QED) is 0.809. The lowest BCUT2D eigenvalue weighted by Gasteiger charge is -2.36. The maximum absolute atomic E-state index is 11.7. The summed E-state index contributed by atoms with van der Waals surface area (Å²) in [6, 6.07) is 0. The Morgan fingerprint density at radius 3 is 2.94 bits per heavy atom. The molecule has 0 aliphatic carbocycles. The molecule has 1 aromatic heterocycles. The summed E-state index contributed by atoms with van der Waals surface area (Å²) in [5, 5.41) is 0. The summed E-state index contributed by atoms with van der Waals surface area (Å²) in [6.45, 7) is 7.03. The lowest BCUT2D eigenvalue weighted by atomic mass is 9.99. The molecular formula is C12H19N3O2S. The minimum Gasteiger partial charge on any atom is -0.348 e. The van der Waals surface area contributed by atoms with E-state index in [1.165, 1.54) is 0 Å². The van der Waals surface area contributed by atoms with Crippen molar-refractivity contribution in [1.82, 2.24) is 14.9 Å². The largest absolute Gasteiger partial charge is 0.348 e. The van der Waals surface area contributed by atoms with Gasteiger partial charge in [-0.2, -0.15) is 0 Å². The molecule has 1 fully saturated rings. The topological polar surface area (TPSA) is 66.1 Å². The molecule has 1 aliphatic rings. The van der Waals surface area contributed by atoms with E-state index in [2.05, 4.69) is 21.4 Å². The fraction of sp³-hybridized carbons (Fsp3) is 0.583. The second-order valence-electron chi connectivity index (χ2n) is 5.04. The number of aromatic nitrogens is 2. The van der Waals surface area contributed by atoms with E-state index in [9.17, 15) is 8.42 Å². The molecule has 100 valence electrons. The Hall–Kier alpha value is -1.14. The third-order valence-electron chi connectivity index (χ3n) is 3.49. The van der Waals surface area contributed by atoms with Gasteiger partial charge in [0.15, 0.2) is 9.84 Å². The van der Waals surface area contributed by atoms with Crippen LogP contribution in [0.1, 0.15) is 19.2 Å². The zero-order chi connectivity index (χ0) is 13.2. The first-order valence-electron chi connectivity index (χ1n) is 6.00. The van der Waals surface area contributed by atoms with E-state index in [1.807, 2.05) is 6.92 Å². The lowest BCUT2D eigenvalue weighted by molar-refractivity contribution is 0.130. The SMILES string of the molecule is C=CCN(Cc1ncc[nH]1)[C@]1(C)CCS(=O)(=O)C1. The molecule has 18 heavy (non-hydrogen) atoms. The highest BCUT2D eigenvalue weighted by atomic mass is 32.2.